The van der Waals surface area contributed by atoms with Gasteiger partial charge in [0.05, 0.1) is 13.2 Å². The molecule has 0 bridgehead atoms. The predicted molar refractivity (Wildman–Crippen MR) is 71.6 cm³/mol. The van der Waals surface area contributed by atoms with Crippen LogP contribution in [-0.2, 0) is 16.0 Å². The molecular weight excluding hydrogens is 242 g/mol. The number of benzene rings is 1. The Kier molecular flexibility index (Phi) is 3.84. The van der Waals surface area contributed by atoms with Gasteiger partial charge in [0.25, 0.3) is 0 Å². The van der Waals surface area contributed by atoms with Crippen molar-refractivity contribution in [2.45, 2.75) is 31.3 Å². The molecule has 2 aliphatic heterocycles. The molecule has 104 valence electrons. The summed E-state index contributed by atoms with van der Waals surface area (Å²) in [5.41, 5.74) is 1.35. The molecule has 0 aliphatic carbocycles. The molecule has 0 atom stereocenters. The zero-order valence-corrected chi connectivity index (χ0v) is 11.1. The highest BCUT2D eigenvalue weighted by Crippen LogP contribution is 2.31. The molecule has 2 aliphatic rings. The molecule has 4 heteroatoms. The Bertz CT molecular complexity index is 391. The van der Waals surface area contributed by atoms with Crippen molar-refractivity contribution in [3.8, 4) is 0 Å². The van der Waals surface area contributed by atoms with E-state index in [1.165, 1.54) is 5.56 Å². The summed E-state index contributed by atoms with van der Waals surface area (Å²) in [5.74, 6) is -0.438. The Balaban J connectivity index is 1.52. The monoisotopic (exact) mass is 263 g/mol. The fraction of sp³-hybridized carbons (Fsp3) is 0.600. The summed E-state index contributed by atoms with van der Waals surface area (Å²) < 4.78 is 11.4. The van der Waals surface area contributed by atoms with Gasteiger partial charge in [0.1, 0.15) is 6.10 Å². The van der Waals surface area contributed by atoms with Gasteiger partial charge < -0.3 is 14.6 Å². The van der Waals surface area contributed by atoms with Crippen LogP contribution in [0.4, 0.5) is 0 Å². The van der Waals surface area contributed by atoms with Crippen molar-refractivity contribution in [2.75, 3.05) is 26.3 Å². The van der Waals surface area contributed by atoms with Gasteiger partial charge in [-0.25, -0.2) is 0 Å². The van der Waals surface area contributed by atoms with Gasteiger partial charge in [0, 0.05) is 32.5 Å². The third kappa shape index (κ3) is 3.15. The number of hydrogen-bond acceptors (Lipinski definition) is 4. The van der Waals surface area contributed by atoms with Crippen molar-refractivity contribution in [1.29, 1.82) is 0 Å². The summed E-state index contributed by atoms with van der Waals surface area (Å²) >= 11 is 0. The van der Waals surface area contributed by atoms with E-state index < -0.39 is 11.9 Å². The zero-order chi connectivity index (χ0) is 13.1. The van der Waals surface area contributed by atoms with Crippen LogP contribution in [0.15, 0.2) is 30.3 Å². The van der Waals surface area contributed by atoms with Crippen LogP contribution in [0.25, 0.3) is 0 Å². The minimum atomic E-state index is -0.465. The fourth-order valence-corrected chi connectivity index (χ4v) is 2.77. The van der Waals surface area contributed by atoms with Crippen molar-refractivity contribution in [1.82, 2.24) is 4.90 Å². The van der Waals surface area contributed by atoms with Crippen molar-refractivity contribution in [3.63, 3.8) is 0 Å². The first kappa shape index (κ1) is 13.1. The molecule has 2 saturated heterocycles. The van der Waals surface area contributed by atoms with E-state index in [0.717, 1.165) is 32.5 Å². The minimum Gasteiger partial charge on any atom is -0.388 e. The highest BCUT2D eigenvalue weighted by Gasteiger charge is 2.40. The molecule has 1 aromatic rings. The molecule has 19 heavy (non-hydrogen) atoms. The van der Waals surface area contributed by atoms with E-state index in [2.05, 4.69) is 29.2 Å². The number of piperidine rings is 1. The number of aliphatic hydroxyl groups is 1. The van der Waals surface area contributed by atoms with Crippen LogP contribution in [0.2, 0.25) is 0 Å². The van der Waals surface area contributed by atoms with Crippen molar-refractivity contribution in [3.05, 3.63) is 35.9 Å². The summed E-state index contributed by atoms with van der Waals surface area (Å²) in [7, 11) is 0. The second kappa shape index (κ2) is 5.59. The molecule has 2 fully saturated rings. The number of hydrogen-bond donors (Lipinski definition) is 1. The average Bonchev–Trinajstić information content (AvgIpc) is 2.46. The lowest BCUT2D eigenvalue weighted by Crippen LogP contribution is -2.52. The summed E-state index contributed by atoms with van der Waals surface area (Å²) in [6.45, 7) is 3.74. The molecule has 0 aromatic heterocycles. The average molecular weight is 263 g/mol. The first-order valence-corrected chi connectivity index (χ1v) is 6.98. The number of aliphatic hydroxyl groups excluding tert-OH is 1. The van der Waals surface area contributed by atoms with E-state index in [-0.39, 0.29) is 0 Å². The maximum atomic E-state index is 9.41. The number of rotatable bonds is 2. The first-order valence-electron chi connectivity index (χ1n) is 6.98. The number of nitrogens with zero attached hydrogens (tertiary/aromatic N) is 1. The van der Waals surface area contributed by atoms with Gasteiger partial charge in [-0.05, 0) is 5.56 Å². The lowest BCUT2D eigenvalue weighted by Gasteiger charge is -2.44. The largest absolute Gasteiger partial charge is 0.388 e. The van der Waals surface area contributed by atoms with E-state index >= 15 is 0 Å². The molecular formula is C15H21NO3. The topological polar surface area (TPSA) is 41.9 Å². The number of ether oxygens (including phenoxy) is 2. The second-order valence-electron chi connectivity index (χ2n) is 5.45. The van der Waals surface area contributed by atoms with Gasteiger partial charge in [-0.15, -0.1) is 0 Å². The highest BCUT2D eigenvalue weighted by molar-refractivity contribution is 5.14. The van der Waals surface area contributed by atoms with Gasteiger partial charge in [0.2, 0.25) is 0 Å². The van der Waals surface area contributed by atoms with Crippen LogP contribution in [0, 0.1) is 0 Å². The number of likely N-dealkylation sites (tertiary alicyclic amines) is 1. The van der Waals surface area contributed by atoms with Crippen LogP contribution in [-0.4, -0.2) is 48.2 Å². The van der Waals surface area contributed by atoms with E-state index in [1.807, 2.05) is 6.07 Å². The van der Waals surface area contributed by atoms with E-state index in [4.69, 9.17) is 9.47 Å². The first-order chi connectivity index (χ1) is 9.26. The van der Waals surface area contributed by atoms with Gasteiger partial charge in [-0.1, -0.05) is 30.3 Å². The molecule has 0 saturated carbocycles. The van der Waals surface area contributed by atoms with Crippen molar-refractivity contribution >= 4 is 0 Å². The smallest absolute Gasteiger partial charge is 0.170 e. The van der Waals surface area contributed by atoms with Crippen molar-refractivity contribution < 1.29 is 14.6 Å². The lowest BCUT2D eigenvalue weighted by atomic mass is 10.0. The molecule has 0 amide bonds. The minimum absolute atomic E-state index is 0.401. The Morgan fingerprint density at radius 3 is 2.37 bits per heavy atom. The van der Waals surface area contributed by atoms with Crippen LogP contribution in [0.5, 0.6) is 0 Å². The van der Waals surface area contributed by atoms with Gasteiger partial charge in [0.15, 0.2) is 5.79 Å². The zero-order valence-electron chi connectivity index (χ0n) is 11.1. The molecule has 1 N–H and O–H groups in total. The Hall–Kier alpha value is -0.940. The SMILES string of the molecule is OC1COC2(CCN(Cc3ccccc3)CC2)OC1. The lowest BCUT2D eigenvalue weighted by molar-refractivity contribution is -0.306. The maximum absolute atomic E-state index is 9.41. The third-order valence-corrected chi connectivity index (χ3v) is 3.94. The Morgan fingerprint density at radius 1 is 1.11 bits per heavy atom. The predicted octanol–water partition coefficient (Wildman–Crippen LogP) is 1.39. The quantitative estimate of drug-likeness (QED) is 0.875. The van der Waals surface area contributed by atoms with Crippen LogP contribution in [0.1, 0.15) is 18.4 Å². The summed E-state index contributed by atoms with van der Waals surface area (Å²) in [4.78, 5) is 2.43. The van der Waals surface area contributed by atoms with Gasteiger partial charge in [-0.2, -0.15) is 0 Å². The van der Waals surface area contributed by atoms with Crippen LogP contribution in [0.3, 0.4) is 0 Å². The molecule has 0 radical (unpaired) electrons. The fourth-order valence-electron chi connectivity index (χ4n) is 2.77. The molecule has 1 aromatic carbocycles. The maximum Gasteiger partial charge on any atom is 0.170 e. The summed E-state index contributed by atoms with van der Waals surface area (Å²) in [6, 6.07) is 10.5. The van der Waals surface area contributed by atoms with Crippen LogP contribution >= 0.6 is 0 Å². The third-order valence-electron chi connectivity index (χ3n) is 3.94. The Morgan fingerprint density at radius 2 is 1.74 bits per heavy atom. The second-order valence-corrected chi connectivity index (χ2v) is 5.45. The van der Waals surface area contributed by atoms with Crippen molar-refractivity contribution in [2.24, 2.45) is 0 Å². The standard InChI is InChI=1S/C15H21NO3/c17-14-11-18-15(19-12-14)6-8-16(9-7-15)10-13-4-2-1-3-5-13/h1-5,14,17H,6-12H2. The molecule has 0 unspecified atom stereocenters. The van der Waals surface area contributed by atoms with E-state index in [0.29, 0.717) is 13.2 Å². The highest BCUT2D eigenvalue weighted by atomic mass is 16.7. The molecule has 4 nitrogen and oxygen atoms in total. The van der Waals surface area contributed by atoms with E-state index in [9.17, 15) is 5.11 Å². The Labute approximate surface area is 113 Å². The van der Waals surface area contributed by atoms with E-state index in [1.54, 1.807) is 0 Å². The molecule has 3 rings (SSSR count). The molecule has 1 spiro atoms. The summed E-state index contributed by atoms with van der Waals surface area (Å²) in [5, 5.41) is 9.41. The summed E-state index contributed by atoms with van der Waals surface area (Å²) in [6.07, 6.45) is 1.30. The molecule has 2 heterocycles. The van der Waals surface area contributed by atoms with Crippen LogP contribution < -0.4 is 0 Å². The van der Waals surface area contributed by atoms with Gasteiger partial charge >= 0.3 is 0 Å². The normalized spacial score (nSPS) is 24.7. The van der Waals surface area contributed by atoms with Gasteiger partial charge in [-0.3, -0.25) is 4.90 Å².